The molecular weight excluding hydrogens is 299 g/mol. The molecule has 0 unspecified atom stereocenters. The minimum atomic E-state index is 0.0869. The van der Waals surface area contributed by atoms with E-state index in [9.17, 15) is 0 Å². The molecule has 0 fully saturated rings. The molecule has 1 aromatic heterocycles. The van der Waals surface area contributed by atoms with E-state index in [1.807, 2.05) is 19.9 Å². The van der Waals surface area contributed by atoms with E-state index in [1.54, 1.807) is 22.9 Å². The number of hydrogen-bond donors (Lipinski definition) is 0. The van der Waals surface area contributed by atoms with Crippen LogP contribution >= 0.6 is 23.2 Å². The Balaban J connectivity index is 2.22. The smallest absolute Gasteiger partial charge is 0.189 e. The molecule has 1 heterocycles. The average molecular weight is 311 g/mol. The fraction of sp³-hybridized carbons (Fsp3) is 0.308. The molecule has 104 valence electrons. The van der Waals surface area contributed by atoms with Gasteiger partial charge >= 0.3 is 0 Å². The lowest BCUT2D eigenvalue weighted by atomic mass is 10.3. The zero-order chi connectivity index (χ0) is 14.7. The van der Waals surface area contributed by atoms with Crippen molar-refractivity contribution in [1.82, 2.24) is 15.0 Å². The Kier molecular flexibility index (Phi) is 4.48. The van der Waals surface area contributed by atoms with Crippen LogP contribution in [0, 0.1) is 11.3 Å². The summed E-state index contributed by atoms with van der Waals surface area (Å²) < 4.78 is 7.28. The summed E-state index contributed by atoms with van der Waals surface area (Å²) in [6, 6.07) is 7.06. The molecule has 1 aromatic carbocycles. The maximum atomic E-state index is 9.04. The lowest BCUT2D eigenvalue weighted by Gasteiger charge is -2.12. The van der Waals surface area contributed by atoms with Gasteiger partial charge in [-0.1, -0.05) is 28.4 Å². The average Bonchev–Trinajstić information content (AvgIpc) is 2.80. The number of nitrogens with zero attached hydrogens (tertiary/aromatic N) is 4. The van der Waals surface area contributed by atoms with Crippen LogP contribution in [0.5, 0.6) is 5.75 Å². The first-order valence-electron chi connectivity index (χ1n) is 5.95. The van der Waals surface area contributed by atoms with E-state index in [4.69, 9.17) is 33.2 Å². The van der Waals surface area contributed by atoms with Crippen molar-refractivity contribution in [3.8, 4) is 11.8 Å². The van der Waals surface area contributed by atoms with E-state index in [0.29, 0.717) is 21.5 Å². The van der Waals surface area contributed by atoms with Crippen molar-refractivity contribution in [1.29, 1.82) is 5.26 Å². The maximum absolute atomic E-state index is 9.04. The van der Waals surface area contributed by atoms with E-state index in [2.05, 4.69) is 10.3 Å². The van der Waals surface area contributed by atoms with Crippen molar-refractivity contribution in [3.05, 3.63) is 39.6 Å². The second-order valence-corrected chi connectivity index (χ2v) is 5.24. The van der Waals surface area contributed by atoms with Crippen molar-refractivity contribution in [2.75, 3.05) is 0 Å². The quantitative estimate of drug-likeness (QED) is 0.865. The second kappa shape index (κ2) is 6.12. The number of nitriles is 1. The van der Waals surface area contributed by atoms with Crippen molar-refractivity contribution in [2.24, 2.45) is 0 Å². The summed E-state index contributed by atoms with van der Waals surface area (Å²) in [6.45, 7) is 4.07. The summed E-state index contributed by atoms with van der Waals surface area (Å²) in [5, 5.41) is 17.8. The predicted octanol–water partition coefficient (Wildman–Crippen LogP) is 3.62. The van der Waals surface area contributed by atoms with Gasteiger partial charge < -0.3 is 4.74 Å². The molecule has 5 nitrogen and oxygen atoms in total. The zero-order valence-corrected chi connectivity index (χ0v) is 12.5. The van der Waals surface area contributed by atoms with Gasteiger partial charge in [0.2, 0.25) is 0 Å². The molecule has 2 aromatic rings. The molecule has 0 saturated heterocycles. The Morgan fingerprint density at radius 1 is 1.40 bits per heavy atom. The van der Waals surface area contributed by atoms with Gasteiger partial charge in [0.1, 0.15) is 24.1 Å². The van der Waals surface area contributed by atoms with Crippen molar-refractivity contribution in [3.63, 3.8) is 0 Å². The van der Waals surface area contributed by atoms with Crippen LogP contribution in [0.1, 0.15) is 31.3 Å². The lowest BCUT2D eigenvalue weighted by Crippen LogP contribution is -2.11. The molecule has 0 spiro atoms. The van der Waals surface area contributed by atoms with Crippen molar-refractivity contribution in [2.45, 2.75) is 26.5 Å². The highest BCUT2D eigenvalue weighted by atomic mass is 35.5. The Morgan fingerprint density at radius 2 is 2.15 bits per heavy atom. The summed E-state index contributed by atoms with van der Waals surface area (Å²) >= 11 is 11.9. The number of rotatable bonds is 4. The molecule has 0 atom stereocenters. The molecule has 0 aliphatic heterocycles. The molecule has 0 radical (unpaired) electrons. The van der Waals surface area contributed by atoms with Gasteiger partial charge in [-0.2, -0.15) is 5.26 Å². The summed E-state index contributed by atoms with van der Waals surface area (Å²) in [4.78, 5) is 0. The molecule has 0 saturated carbocycles. The SMILES string of the molecule is CC(C)n1nnc(C#N)c1COc1ccc(Cl)cc1Cl. The second-order valence-electron chi connectivity index (χ2n) is 4.40. The number of ether oxygens (including phenoxy) is 1. The first-order chi connectivity index (χ1) is 9.52. The topological polar surface area (TPSA) is 63.7 Å². The molecule has 2 rings (SSSR count). The van der Waals surface area contributed by atoms with Gasteiger partial charge in [0.15, 0.2) is 5.69 Å². The van der Waals surface area contributed by atoms with Crippen LogP contribution in [-0.2, 0) is 6.61 Å². The third-order valence-electron chi connectivity index (χ3n) is 2.64. The zero-order valence-electron chi connectivity index (χ0n) is 11.0. The largest absolute Gasteiger partial charge is 0.486 e. The van der Waals surface area contributed by atoms with Gasteiger partial charge in [-0.15, -0.1) is 5.10 Å². The van der Waals surface area contributed by atoms with Gasteiger partial charge in [0.05, 0.1) is 5.02 Å². The number of benzene rings is 1. The summed E-state index contributed by atoms with van der Waals surface area (Å²) in [7, 11) is 0. The van der Waals surface area contributed by atoms with Crippen LogP contribution < -0.4 is 4.74 Å². The highest BCUT2D eigenvalue weighted by Crippen LogP contribution is 2.28. The fourth-order valence-corrected chi connectivity index (χ4v) is 2.15. The molecule has 0 bridgehead atoms. The molecule has 0 amide bonds. The van der Waals surface area contributed by atoms with Gasteiger partial charge in [0.25, 0.3) is 0 Å². The van der Waals surface area contributed by atoms with Crippen molar-refractivity contribution >= 4 is 23.2 Å². The van der Waals surface area contributed by atoms with E-state index in [0.717, 1.165) is 0 Å². The van der Waals surface area contributed by atoms with Gasteiger partial charge in [-0.05, 0) is 32.0 Å². The van der Waals surface area contributed by atoms with Gasteiger partial charge in [0, 0.05) is 11.1 Å². The Morgan fingerprint density at radius 3 is 2.75 bits per heavy atom. The monoisotopic (exact) mass is 310 g/mol. The van der Waals surface area contributed by atoms with Crippen LogP contribution in [0.4, 0.5) is 0 Å². The Bertz CT molecular complexity index is 661. The predicted molar refractivity (Wildman–Crippen MR) is 75.9 cm³/mol. The molecule has 7 heteroatoms. The number of aromatic nitrogens is 3. The highest BCUT2D eigenvalue weighted by Gasteiger charge is 2.16. The first kappa shape index (κ1) is 14.6. The third kappa shape index (κ3) is 3.03. The van der Waals surface area contributed by atoms with Crippen LogP contribution in [-0.4, -0.2) is 15.0 Å². The van der Waals surface area contributed by atoms with Gasteiger partial charge in [-0.25, -0.2) is 4.68 Å². The van der Waals surface area contributed by atoms with Crippen LogP contribution in [0.3, 0.4) is 0 Å². The summed E-state index contributed by atoms with van der Waals surface area (Å²) in [5.74, 6) is 0.497. The molecule has 0 aliphatic carbocycles. The van der Waals surface area contributed by atoms with E-state index in [1.165, 1.54) is 0 Å². The summed E-state index contributed by atoms with van der Waals surface area (Å²) in [5.41, 5.74) is 0.873. The number of hydrogen-bond acceptors (Lipinski definition) is 4. The Hall–Kier alpha value is -1.77. The normalized spacial score (nSPS) is 10.6. The minimum Gasteiger partial charge on any atom is -0.486 e. The molecule has 20 heavy (non-hydrogen) atoms. The molecule has 0 N–H and O–H groups in total. The fourth-order valence-electron chi connectivity index (χ4n) is 1.69. The summed E-state index contributed by atoms with van der Waals surface area (Å²) in [6.07, 6.45) is 0. The van der Waals surface area contributed by atoms with Crippen LogP contribution in [0.25, 0.3) is 0 Å². The molecular formula is C13H12Cl2N4O. The van der Waals surface area contributed by atoms with E-state index < -0.39 is 0 Å². The van der Waals surface area contributed by atoms with Crippen molar-refractivity contribution < 1.29 is 4.74 Å². The third-order valence-corrected chi connectivity index (χ3v) is 3.17. The Labute approximate surface area is 126 Å². The van der Waals surface area contributed by atoms with Gasteiger partial charge in [-0.3, -0.25) is 0 Å². The van der Waals surface area contributed by atoms with Crippen LogP contribution in [0.15, 0.2) is 18.2 Å². The maximum Gasteiger partial charge on any atom is 0.189 e. The lowest BCUT2D eigenvalue weighted by molar-refractivity contribution is 0.287. The minimum absolute atomic E-state index is 0.0869. The number of halogens is 2. The molecule has 0 aliphatic rings. The van der Waals surface area contributed by atoms with Crippen LogP contribution in [0.2, 0.25) is 10.0 Å². The van der Waals surface area contributed by atoms with E-state index >= 15 is 0 Å². The highest BCUT2D eigenvalue weighted by molar-refractivity contribution is 6.35. The standard InChI is InChI=1S/C13H12Cl2N4O/c1-8(2)19-12(11(6-16)17-18-19)7-20-13-4-3-9(14)5-10(13)15/h3-5,8H,7H2,1-2H3. The van der Waals surface area contributed by atoms with E-state index in [-0.39, 0.29) is 18.3 Å². The first-order valence-corrected chi connectivity index (χ1v) is 6.70.